The van der Waals surface area contributed by atoms with Gasteiger partial charge in [-0.3, -0.25) is 15.5 Å². The molecule has 8 nitrogen and oxygen atoms in total. The van der Waals surface area contributed by atoms with Crippen LogP contribution in [0, 0.1) is 22.9 Å². The van der Waals surface area contributed by atoms with Crippen molar-refractivity contribution in [2.75, 3.05) is 5.43 Å². The van der Waals surface area contributed by atoms with Gasteiger partial charge in [-0.15, -0.1) is 0 Å². The van der Waals surface area contributed by atoms with Gasteiger partial charge >= 0.3 is 5.69 Å². The highest BCUT2D eigenvalue weighted by Crippen LogP contribution is 2.31. The first-order valence-electron chi connectivity index (χ1n) is 5.43. The van der Waals surface area contributed by atoms with Gasteiger partial charge in [-0.2, -0.15) is 4.98 Å². The van der Waals surface area contributed by atoms with Crippen molar-refractivity contribution in [1.82, 2.24) is 9.97 Å². The van der Waals surface area contributed by atoms with Crippen LogP contribution in [0.5, 0.6) is 11.6 Å². The molecule has 0 fully saturated rings. The van der Waals surface area contributed by atoms with Crippen molar-refractivity contribution >= 4 is 11.6 Å². The molecule has 104 valence electrons. The molecule has 2 aromatic rings. The Morgan fingerprint density at radius 1 is 1.40 bits per heavy atom. The van der Waals surface area contributed by atoms with Gasteiger partial charge in [0.25, 0.3) is 0 Å². The van der Waals surface area contributed by atoms with Gasteiger partial charge in [0.15, 0.2) is 0 Å². The number of hydrogen-bond acceptors (Lipinski definition) is 7. The van der Waals surface area contributed by atoms with Crippen LogP contribution < -0.4 is 16.0 Å². The Balaban J connectivity index is 2.41. The molecule has 1 aromatic carbocycles. The number of nitro groups is 1. The third-order valence-corrected chi connectivity index (χ3v) is 2.29. The summed E-state index contributed by atoms with van der Waals surface area (Å²) in [6, 6.07) is 4.34. The summed E-state index contributed by atoms with van der Waals surface area (Å²) >= 11 is 0. The van der Waals surface area contributed by atoms with Gasteiger partial charge in [-0.05, 0) is 13.0 Å². The Kier molecular flexibility index (Phi) is 3.71. The summed E-state index contributed by atoms with van der Waals surface area (Å²) in [6.07, 6.45) is 0. The lowest BCUT2D eigenvalue weighted by molar-refractivity contribution is -0.385. The first kappa shape index (κ1) is 13.6. The second-order valence-electron chi connectivity index (χ2n) is 3.79. The quantitative estimate of drug-likeness (QED) is 0.498. The summed E-state index contributed by atoms with van der Waals surface area (Å²) in [5, 5.41) is 10.9. The number of nitrogen functional groups attached to an aromatic ring is 1. The first-order chi connectivity index (χ1) is 9.49. The average Bonchev–Trinajstić information content (AvgIpc) is 2.37. The van der Waals surface area contributed by atoms with Gasteiger partial charge in [0.1, 0.15) is 5.82 Å². The zero-order chi connectivity index (χ0) is 14.7. The fourth-order valence-electron chi connectivity index (χ4n) is 1.49. The summed E-state index contributed by atoms with van der Waals surface area (Å²) in [5.74, 6) is 4.37. The predicted molar refractivity (Wildman–Crippen MR) is 67.7 cm³/mol. The molecule has 1 aromatic heterocycles. The van der Waals surface area contributed by atoms with Gasteiger partial charge in [0.2, 0.25) is 17.6 Å². The number of hydrogen-bond donors (Lipinski definition) is 2. The first-order valence-corrected chi connectivity index (χ1v) is 5.43. The van der Waals surface area contributed by atoms with E-state index in [1.54, 1.807) is 6.92 Å². The summed E-state index contributed by atoms with van der Waals surface area (Å²) in [7, 11) is 0. The monoisotopic (exact) mass is 279 g/mol. The number of nitrogens with two attached hydrogens (primary N) is 1. The van der Waals surface area contributed by atoms with E-state index in [0.717, 1.165) is 18.2 Å². The second-order valence-corrected chi connectivity index (χ2v) is 3.79. The molecule has 2 rings (SSSR count). The number of aryl methyl sites for hydroxylation is 1. The molecule has 0 aliphatic heterocycles. The molecule has 9 heteroatoms. The molecule has 0 atom stereocenters. The van der Waals surface area contributed by atoms with Crippen LogP contribution in [-0.2, 0) is 0 Å². The third-order valence-electron chi connectivity index (χ3n) is 2.29. The molecule has 20 heavy (non-hydrogen) atoms. The number of anilines is 1. The van der Waals surface area contributed by atoms with E-state index >= 15 is 0 Å². The fourth-order valence-corrected chi connectivity index (χ4v) is 1.49. The molecule has 0 unspecified atom stereocenters. The summed E-state index contributed by atoms with van der Waals surface area (Å²) in [6.45, 7) is 1.66. The van der Waals surface area contributed by atoms with Crippen LogP contribution in [-0.4, -0.2) is 14.9 Å². The van der Waals surface area contributed by atoms with Crippen molar-refractivity contribution in [3.63, 3.8) is 0 Å². The van der Waals surface area contributed by atoms with E-state index in [-0.39, 0.29) is 23.3 Å². The Hall–Kier alpha value is -2.81. The van der Waals surface area contributed by atoms with Gasteiger partial charge in [0, 0.05) is 23.9 Å². The highest BCUT2D eigenvalue weighted by Gasteiger charge is 2.17. The fraction of sp³-hybridized carbons (Fsp3) is 0.0909. The number of aromatic nitrogens is 2. The standard InChI is InChI=1S/C11H10FN5O3/c1-6-4-10(15-11(14-6)16-13)20-9-5-7(12)2-3-8(9)17(18)19/h2-5H,13H2,1H3,(H,14,15,16). The molecule has 0 bridgehead atoms. The van der Waals surface area contributed by atoms with E-state index in [4.69, 9.17) is 10.6 Å². The van der Waals surface area contributed by atoms with Crippen LogP contribution in [0.15, 0.2) is 24.3 Å². The lowest BCUT2D eigenvalue weighted by Gasteiger charge is -2.07. The number of nitrogens with one attached hydrogen (secondary N) is 1. The molecule has 0 spiro atoms. The number of nitro benzene ring substituents is 1. The van der Waals surface area contributed by atoms with E-state index in [1.165, 1.54) is 6.07 Å². The van der Waals surface area contributed by atoms with E-state index < -0.39 is 10.7 Å². The number of nitrogens with zero attached hydrogens (tertiary/aromatic N) is 3. The van der Waals surface area contributed by atoms with E-state index in [1.807, 2.05) is 0 Å². The Morgan fingerprint density at radius 2 is 2.15 bits per heavy atom. The number of rotatable bonds is 4. The normalized spacial score (nSPS) is 10.2. The van der Waals surface area contributed by atoms with Crippen LogP contribution >= 0.6 is 0 Å². The molecule has 0 saturated carbocycles. The molecule has 3 N–H and O–H groups in total. The highest BCUT2D eigenvalue weighted by atomic mass is 19.1. The SMILES string of the molecule is Cc1cc(Oc2cc(F)ccc2[N+](=O)[O-])nc(NN)n1. The minimum absolute atomic E-state index is 0.0131. The van der Waals surface area contributed by atoms with Gasteiger partial charge in [0.05, 0.1) is 4.92 Å². The van der Waals surface area contributed by atoms with E-state index in [9.17, 15) is 14.5 Å². The molecular formula is C11H10FN5O3. The van der Waals surface area contributed by atoms with E-state index in [0.29, 0.717) is 5.69 Å². The van der Waals surface area contributed by atoms with Gasteiger partial charge in [-0.25, -0.2) is 15.2 Å². The van der Waals surface area contributed by atoms with Crippen LogP contribution in [0.2, 0.25) is 0 Å². The lowest BCUT2D eigenvalue weighted by atomic mass is 10.3. The number of halogens is 1. The smallest absolute Gasteiger partial charge is 0.311 e. The number of benzene rings is 1. The number of hydrazine groups is 1. The minimum atomic E-state index is -0.676. The van der Waals surface area contributed by atoms with E-state index in [2.05, 4.69) is 15.4 Å². The molecule has 0 radical (unpaired) electrons. The Bertz CT molecular complexity index is 665. The van der Waals surface area contributed by atoms with Gasteiger partial charge in [-0.1, -0.05) is 0 Å². The predicted octanol–water partition coefficient (Wildman–Crippen LogP) is 1.91. The molecular weight excluding hydrogens is 269 g/mol. The van der Waals surface area contributed by atoms with Crippen molar-refractivity contribution in [2.45, 2.75) is 6.92 Å². The van der Waals surface area contributed by atoms with Crippen LogP contribution in [0.1, 0.15) is 5.69 Å². The van der Waals surface area contributed by atoms with Crippen molar-refractivity contribution in [3.05, 3.63) is 45.9 Å². The minimum Gasteiger partial charge on any atom is -0.431 e. The van der Waals surface area contributed by atoms with Crippen molar-refractivity contribution in [2.24, 2.45) is 5.84 Å². The molecule has 1 heterocycles. The Labute approximate surface area is 112 Å². The maximum Gasteiger partial charge on any atom is 0.311 e. The van der Waals surface area contributed by atoms with Crippen LogP contribution in [0.4, 0.5) is 16.0 Å². The summed E-state index contributed by atoms with van der Waals surface area (Å²) in [4.78, 5) is 18.0. The number of ether oxygens (including phenoxy) is 1. The summed E-state index contributed by atoms with van der Waals surface area (Å²) in [5.41, 5.74) is 2.39. The van der Waals surface area contributed by atoms with Crippen LogP contribution in [0.25, 0.3) is 0 Å². The van der Waals surface area contributed by atoms with Crippen molar-refractivity contribution in [1.29, 1.82) is 0 Å². The topological polar surface area (TPSA) is 116 Å². The zero-order valence-electron chi connectivity index (χ0n) is 10.3. The lowest BCUT2D eigenvalue weighted by Crippen LogP contribution is -2.11. The van der Waals surface area contributed by atoms with Crippen molar-refractivity contribution in [3.8, 4) is 11.6 Å². The summed E-state index contributed by atoms with van der Waals surface area (Å²) < 4.78 is 18.4. The average molecular weight is 279 g/mol. The molecule has 0 saturated heterocycles. The zero-order valence-corrected chi connectivity index (χ0v) is 10.3. The second kappa shape index (κ2) is 5.45. The maximum atomic E-state index is 13.2. The highest BCUT2D eigenvalue weighted by molar-refractivity contribution is 5.48. The molecule has 0 amide bonds. The largest absolute Gasteiger partial charge is 0.431 e. The van der Waals surface area contributed by atoms with Crippen LogP contribution in [0.3, 0.4) is 0 Å². The maximum absolute atomic E-state index is 13.2. The van der Waals surface area contributed by atoms with Crippen molar-refractivity contribution < 1.29 is 14.1 Å². The molecule has 0 aliphatic rings. The Morgan fingerprint density at radius 3 is 2.80 bits per heavy atom. The molecule has 0 aliphatic carbocycles. The van der Waals surface area contributed by atoms with Gasteiger partial charge < -0.3 is 4.74 Å². The third kappa shape index (κ3) is 2.95.